The van der Waals surface area contributed by atoms with Crippen LogP contribution in [-0.4, -0.2) is 45.1 Å². The molecule has 3 rings (SSSR count). The van der Waals surface area contributed by atoms with E-state index in [1.807, 2.05) is 0 Å². The fourth-order valence-electron chi connectivity index (χ4n) is 1.98. The molecule has 0 amide bonds. The standard InChI is InChI=1S/C12H15N7S/c1-13-9-16-10(19-7-2-3-8-19)18-12(17-9)20-11-14-5-4-6-15-11/h4-6H,2-3,7-8H2,1H3,(H,13,16,17,18). The van der Waals surface area contributed by atoms with Gasteiger partial charge in [0, 0.05) is 32.5 Å². The summed E-state index contributed by atoms with van der Waals surface area (Å²) in [6.07, 6.45) is 5.78. The van der Waals surface area contributed by atoms with Crippen molar-refractivity contribution in [3.05, 3.63) is 18.5 Å². The van der Waals surface area contributed by atoms with E-state index in [-0.39, 0.29) is 0 Å². The highest BCUT2D eigenvalue weighted by molar-refractivity contribution is 7.99. The van der Waals surface area contributed by atoms with Gasteiger partial charge in [-0.25, -0.2) is 9.97 Å². The predicted octanol–water partition coefficient (Wildman–Crippen LogP) is 1.45. The van der Waals surface area contributed by atoms with E-state index < -0.39 is 0 Å². The summed E-state index contributed by atoms with van der Waals surface area (Å²) in [6.45, 7) is 2.00. The Kier molecular flexibility index (Phi) is 3.91. The smallest absolute Gasteiger partial charge is 0.231 e. The molecule has 104 valence electrons. The van der Waals surface area contributed by atoms with Gasteiger partial charge in [0.1, 0.15) is 0 Å². The molecule has 0 aliphatic carbocycles. The van der Waals surface area contributed by atoms with Crippen LogP contribution in [0.15, 0.2) is 28.8 Å². The number of anilines is 2. The van der Waals surface area contributed by atoms with Gasteiger partial charge in [-0.2, -0.15) is 15.0 Å². The van der Waals surface area contributed by atoms with Crippen LogP contribution in [0, 0.1) is 0 Å². The van der Waals surface area contributed by atoms with E-state index in [0.717, 1.165) is 19.0 Å². The van der Waals surface area contributed by atoms with Gasteiger partial charge in [0.15, 0.2) is 5.16 Å². The number of rotatable bonds is 4. The Morgan fingerprint density at radius 3 is 2.50 bits per heavy atom. The molecule has 0 saturated carbocycles. The SMILES string of the molecule is CNc1nc(Sc2ncccn2)nc(N2CCCC2)n1. The van der Waals surface area contributed by atoms with Crippen molar-refractivity contribution in [1.29, 1.82) is 0 Å². The van der Waals surface area contributed by atoms with E-state index in [0.29, 0.717) is 16.3 Å². The first-order valence-corrected chi connectivity index (χ1v) is 7.30. The Hall–Kier alpha value is -1.96. The van der Waals surface area contributed by atoms with Crippen molar-refractivity contribution >= 4 is 23.7 Å². The van der Waals surface area contributed by atoms with Gasteiger partial charge >= 0.3 is 0 Å². The molecule has 20 heavy (non-hydrogen) atoms. The summed E-state index contributed by atoms with van der Waals surface area (Å²) in [5.41, 5.74) is 0. The Morgan fingerprint density at radius 2 is 1.80 bits per heavy atom. The first-order valence-electron chi connectivity index (χ1n) is 6.49. The van der Waals surface area contributed by atoms with Gasteiger partial charge in [-0.1, -0.05) is 0 Å². The maximum Gasteiger partial charge on any atom is 0.231 e. The second-order valence-electron chi connectivity index (χ2n) is 4.32. The lowest BCUT2D eigenvalue weighted by atomic mass is 10.4. The molecule has 0 spiro atoms. The summed E-state index contributed by atoms with van der Waals surface area (Å²) in [5.74, 6) is 1.29. The molecule has 0 aromatic carbocycles. The first kappa shape index (κ1) is 13.0. The van der Waals surface area contributed by atoms with E-state index >= 15 is 0 Å². The molecule has 0 bridgehead atoms. The lowest BCUT2D eigenvalue weighted by Crippen LogP contribution is -2.21. The second-order valence-corrected chi connectivity index (χ2v) is 5.25. The van der Waals surface area contributed by atoms with E-state index in [1.54, 1.807) is 25.5 Å². The second kappa shape index (κ2) is 6.00. The summed E-state index contributed by atoms with van der Waals surface area (Å²) in [6, 6.07) is 1.78. The molecular formula is C12H15N7S. The van der Waals surface area contributed by atoms with Crippen molar-refractivity contribution in [2.45, 2.75) is 23.2 Å². The minimum atomic E-state index is 0.570. The van der Waals surface area contributed by atoms with Crippen molar-refractivity contribution in [3.63, 3.8) is 0 Å². The fraction of sp³-hybridized carbons (Fsp3) is 0.417. The van der Waals surface area contributed by atoms with Crippen molar-refractivity contribution < 1.29 is 0 Å². The zero-order valence-corrected chi connectivity index (χ0v) is 12.0. The van der Waals surface area contributed by atoms with Crippen molar-refractivity contribution in [2.24, 2.45) is 0 Å². The topological polar surface area (TPSA) is 79.7 Å². The lowest BCUT2D eigenvalue weighted by molar-refractivity contribution is 0.826. The normalized spacial score (nSPS) is 14.6. The monoisotopic (exact) mass is 289 g/mol. The van der Waals surface area contributed by atoms with E-state index in [1.165, 1.54) is 24.6 Å². The molecule has 7 nitrogen and oxygen atoms in total. The Morgan fingerprint density at radius 1 is 1.05 bits per heavy atom. The molecule has 1 saturated heterocycles. The minimum absolute atomic E-state index is 0.570. The molecule has 0 unspecified atom stereocenters. The van der Waals surface area contributed by atoms with Gasteiger partial charge in [-0.3, -0.25) is 0 Å². The number of aromatic nitrogens is 5. The quantitative estimate of drug-likeness (QED) is 0.847. The van der Waals surface area contributed by atoms with Gasteiger partial charge in [0.2, 0.25) is 17.1 Å². The highest BCUT2D eigenvalue weighted by Gasteiger charge is 2.17. The molecule has 1 aliphatic heterocycles. The molecule has 0 atom stereocenters. The molecular weight excluding hydrogens is 274 g/mol. The molecule has 2 aromatic heterocycles. The number of nitrogens with one attached hydrogen (secondary N) is 1. The average molecular weight is 289 g/mol. The van der Waals surface area contributed by atoms with Crippen molar-refractivity contribution in [3.8, 4) is 0 Å². The zero-order valence-electron chi connectivity index (χ0n) is 11.2. The van der Waals surface area contributed by atoms with E-state index in [4.69, 9.17) is 0 Å². The molecule has 3 heterocycles. The van der Waals surface area contributed by atoms with Crippen LogP contribution in [0.5, 0.6) is 0 Å². The summed E-state index contributed by atoms with van der Waals surface area (Å²) < 4.78 is 0. The third-order valence-electron chi connectivity index (χ3n) is 2.94. The van der Waals surface area contributed by atoms with Gasteiger partial charge < -0.3 is 10.2 Å². The molecule has 8 heteroatoms. The Balaban J connectivity index is 1.87. The molecule has 0 radical (unpaired) electrons. The maximum atomic E-state index is 4.51. The number of hydrogen-bond acceptors (Lipinski definition) is 8. The summed E-state index contributed by atoms with van der Waals surface area (Å²) in [4.78, 5) is 23.8. The number of hydrogen-bond donors (Lipinski definition) is 1. The minimum Gasteiger partial charge on any atom is -0.357 e. The van der Waals surface area contributed by atoms with Gasteiger partial charge in [0.05, 0.1) is 0 Å². The van der Waals surface area contributed by atoms with Crippen LogP contribution in [-0.2, 0) is 0 Å². The van der Waals surface area contributed by atoms with Crippen LogP contribution >= 0.6 is 11.8 Å². The fourth-order valence-corrected chi connectivity index (χ4v) is 2.63. The van der Waals surface area contributed by atoms with Crippen molar-refractivity contribution in [2.75, 3.05) is 30.4 Å². The van der Waals surface area contributed by atoms with Gasteiger partial charge in [-0.15, -0.1) is 0 Å². The van der Waals surface area contributed by atoms with Gasteiger partial charge in [-0.05, 0) is 30.7 Å². The molecule has 1 aliphatic rings. The van der Waals surface area contributed by atoms with Crippen LogP contribution in [0.4, 0.5) is 11.9 Å². The van der Waals surface area contributed by atoms with Crippen LogP contribution in [0.3, 0.4) is 0 Å². The predicted molar refractivity (Wildman–Crippen MR) is 77.0 cm³/mol. The van der Waals surface area contributed by atoms with Gasteiger partial charge in [0.25, 0.3) is 0 Å². The highest BCUT2D eigenvalue weighted by atomic mass is 32.2. The lowest BCUT2D eigenvalue weighted by Gasteiger charge is -2.15. The Bertz CT molecular complexity index is 571. The first-order chi connectivity index (χ1) is 9.85. The summed E-state index contributed by atoms with van der Waals surface area (Å²) in [5, 5.41) is 4.22. The third kappa shape index (κ3) is 2.96. The highest BCUT2D eigenvalue weighted by Crippen LogP contribution is 2.24. The Labute approximate surface area is 121 Å². The van der Waals surface area contributed by atoms with E-state index in [9.17, 15) is 0 Å². The average Bonchev–Trinajstić information content (AvgIpc) is 3.02. The molecule has 2 aromatic rings. The van der Waals surface area contributed by atoms with E-state index in [2.05, 4.69) is 35.1 Å². The van der Waals surface area contributed by atoms with Crippen molar-refractivity contribution in [1.82, 2.24) is 24.9 Å². The zero-order chi connectivity index (χ0) is 13.8. The molecule has 1 N–H and O–H groups in total. The van der Waals surface area contributed by atoms with Crippen LogP contribution in [0.2, 0.25) is 0 Å². The summed E-state index contributed by atoms with van der Waals surface area (Å²) in [7, 11) is 1.80. The largest absolute Gasteiger partial charge is 0.357 e. The molecule has 1 fully saturated rings. The summed E-state index contributed by atoms with van der Waals surface area (Å²) >= 11 is 1.34. The van der Waals surface area contributed by atoms with Crippen LogP contribution in [0.25, 0.3) is 0 Å². The van der Waals surface area contributed by atoms with Crippen LogP contribution < -0.4 is 10.2 Å². The third-order valence-corrected chi connectivity index (χ3v) is 3.70. The maximum absolute atomic E-state index is 4.51. The number of nitrogens with zero attached hydrogens (tertiary/aromatic N) is 6. The van der Waals surface area contributed by atoms with Crippen LogP contribution in [0.1, 0.15) is 12.8 Å².